The molecule has 2 aliphatic rings. The van der Waals surface area contributed by atoms with Crippen LogP contribution in [0.4, 0.5) is 0 Å². The Morgan fingerprint density at radius 2 is 1.28 bits per heavy atom. The highest BCUT2D eigenvalue weighted by atomic mass is 79.9. The molecule has 6 N–H and O–H groups in total. The summed E-state index contributed by atoms with van der Waals surface area (Å²) >= 11 is 3.25. The maximum atomic E-state index is 12.5. The predicted octanol–water partition coefficient (Wildman–Crippen LogP) is 3.03. The third-order valence-corrected chi connectivity index (χ3v) is 6.92. The summed E-state index contributed by atoms with van der Waals surface area (Å²) in [6.07, 6.45) is 2.75. The molecule has 2 heterocycles. The first-order valence-corrected chi connectivity index (χ1v) is 14.5. The van der Waals surface area contributed by atoms with Crippen LogP contribution >= 0.6 is 15.9 Å². The molecule has 2 aliphatic heterocycles. The monoisotopic (exact) mass is 608 g/mol. The van der Waals surface area contributed by atoms with Crippen LogP contribution in [-0.2, 0) is 6.42 Å². The SMILES string of the molecule is CCCBr.CCCc1cc(O)cc(O)c1C(=O)N1CCNCC1.O=C(c1ccc(O)cc1O)N1CCNCC1. The molecule has 2 fully saturated rings. The second-order valence-electron chi connectivity index (χ2n) is 9.22. The maximum Gasteiger partial charge on any atom is 0.257 e. The number of phenols is 4. The summed E-state index contributed by atoms with van der Waals surface area (Å²) < 4.78 is 0. The zero-order valence-electron chi connectivity index (χ0n) is 22.7. The van der Waals surface area contributed by atoms with Gasteiger partial charge in [-0.1, -0.05) is 36.2 Å². The van der Waals surface area contributed by atoms with Gasteiger partial charge >= 0.3 is 0 Å². The highest BCUT2D eigenvalue weighted by molar-refractivity contribution is 9.09. The number of nitrogens with one attached hydrogen (secondary N) is 2. The van der Waals surface area contributed by atoms with Gasteiger partial charge in [0.1, 0.15) is 23.0 Å². The number of hydrogen-bond acceptors (Lipinski definition) is 8. The fourth-order valence-electron chi connectivity index (χ4n) is 4.15. The van der Waals surface area contributed by atoms with E-state index in [4.69, 9.17) is 5.11 Å². The molecule has 2 aromatic carbocycles. The maximum absolute atomic E-state index is 12.5. The van der Waals surface area contributed by atoms with Gasteiger partial charge in [-0.05, 0) is 36.6 Å². The number of carbonyl (C=O) groups excluding carboxylic acids is 2. The highest BCUT2D eigenvalue weighted by Gasteiger charge is 2.24. The molecule has 2 saturated heterocycles. The molecule has 216 valence electrons. The van der Waals surface area contributed by atoms with Gasteiger partial charge in [-0.3, -0.25) is 9.59 Å². The molecule has 11 heteroatoms. The van der Waals surface area contributed by atoms with Crippen LogP contribution in [0.1, 0.15) is 53.0 Å². The van der Waals surface area contributed by atoms with E-state index in [0.717, 1.165) is 37.9 Å². The van der Waals surface area contributed by atoms with Gasteiger partial charge in [0.05, 0.1) is 11.1 Å². The van der Waals surface area contributed by atoms with Crippen LogP contribution in [-0.4, -0.2) is 99.7 Å². The molecule has 2 amide bonds. The van der Waals surface area contributed by atoms with E-state index >= 15 is 0 Å². The Kier molecular flexibility index (Phi) is 13.9. The summed E-state index contributed by atoms with van der Waals surface area (Å²) in [5.74, 6) is -0.705. The van der Waals surface area contributed by atoms with Crippen molar-refractivity contribution < 1.29 is 30.0 Å². The minimum Gasteiger partial charge on any atom is -0.508 e. The minimum atomic E-state index is -0.195. The van der Waals surface area contributed by atoms with Gasteiger partial charge in [0.2, 0.25) is 0 Å². The molecule has 0 saturated carbocycles. The summed E-state index contributed by atoms with van der Waals surface area (Å²) in [5.41, 5.74) is 1.28. The Labute approximate surface area is 238 Å². The number of aromatic hydroxyl groups is 4. The topological polar surface area (TPSA) is 146 Å². The zero-order valence-corrected chi connectivity index (χ0v) is 24.3. The number of phenolic OH excluding ortho intramolecular Hbond substituents is 4. The number of nitrogens with zero attached hydrogens (tertiary/aromatic N) is 2. The van der Waals surface area contributed by atoms with Crippen LogP contribution in [0.25, 0.3) is 0 Å². The van der Waals surface area contributed by atoms with Crippen LogP contribution in [0.3, 0.4) is 0 Å². The van der Waals surface area contributed by atoms with Gasteiger partial charge in [0.15, 0.2) is 0 Å². The van der Waals surface area contributed by atoms with E-state index in [1.54, 1.807) is 15.9 Å². The van der Waals surface area contributed by atoms with E-state index in [0.29, 0.717) is 43.7 Å². The minimum absolute atomic E-state index is 0.00203. The average molecular weight is 610 g/mol. The van der Waals surface area contributed by atoms with Crippen LogP contribution in [0.5, 0.6) is 23.0 Å². The first-order chi connectivity index (χ1) is 18.7. The molecule has 10 nitrogen and oxygen atoms in total. The Bertz CT molecular complexity index is 1070. The summed E-state index contributed by atoms with van der Waals surface area (Å²) in [5, 5.41) is 45.7. The van der Waals surface area contributed by atoms with Crippen molar-refractivity contribution in [2.24, 2.45) is 0 Å². The Morgan fingerprint density at radius 3 is 1.77 bits per heavy atom. The lowest BCUT2D eigenvalue weighted by atomic mass is 10.00. The molecule has 0 bridgehead atoms. The number of rotatable bonds is 5. The van der Waals surface area contributed by atoms with E-state index in [9.17, 15) is 24.9 Å². The lowest BCUT2D eigenvalue weighted by molar-refractivity contribution is 0.0724. The van der Waals surface area contributed by atoms with Crippen molar-refractivity contribution in [3.63, 3.8) is 0 Å². The number of amides is 2. The number of aryl methyl sites for hydroxylation is 1. The van der Waals surface area contributed by atoms with Crippen LogP contribution in [0.15, 0.2) is 30.3 Å². The normalized spacial score (nSPS) is 14.9. The Morgan fingerprint density at radius 1 is 0.769 bits per heavy atom. The molecule has 39 heavy (non-hydrogen) atoms. The van der Waals surface area contributed by atoms with Gasteiger partial charge in [0, 0.05) is 69.8 Å². The van der Waals surface area contributed by atoms with E-state index in [1.165, 1.54) is 30.7 Å². The number of alkyl halides is 1. The molecule has 0 aliphatic carbocycles. The number of benzene rings is 2. The van der Waals surface area contributed by atoms with E-state index in [-0.39, 0.29) is 40.4 Å². The molecule has 0 spiro atoms. The zero-order chi connectivity index (χ0) is 28.8. The lowest BCUT2D eigenvalue weighted by Crippen LogP contribution is -2.46. The molecular formula is C28H41BrN4O6. The quantitative estimate of drug-likeness (QED) is 0.284. The molecule has 2 aromatic rings. The molecule has 0 atom stereocenters. The van der Waals surface area contributed by atoms with Crippen molar-refractivity contribution in [3.8, 4) is 23.0 Å². The molecule has 4 rings (SSSR count). The van der Waals surface area contributed by atoms with Crippen LogP contribution < -0.4 is 10.6 Å². The standard InChI is InChI=1S/C14H20N2O3.C11H14N2O3.C3H7Br/c1-2-3-10-8-11(17)9-12(18)13(10)14(19)16-6-4-15-5-7-16;14-8-1-2-9(10(15)7-8)11(16)13-5-3-12-4-6-13;1-2-3-4/h8-9,15,17-18H,2-7H2,1H3;1-2,7,12,14-15H,3-6H2;2-3H2,1H3. The van der Waals surface area contributed by atoms with Gasteiger partial charge in [-0.25, -0.2) is 0 Å². The second kappa shape index (κ2) is 16.8. The smallest absolute Gasteiger partial charge is 0.257 e. The first kappa shape index (κ1) is 32.2. The molecule has 0 radical (unpaired) electrons. The van der Waals surface area contributed by atoms with Gasteiger partial charge in [-0.15, -0.1) is 0 Å². The Hall–Kier alpha value is -3.02. The summed E-state index contributed by atoms with van der Waals surface area (Å²) in [6.45, 7) is 9.78. The van der Waals surface area contributed by atoms with Crippen molar-refractivity contribution in [2.45, 2.75) is 33.1 Å². The number of carbonyl (C=O) groups is 2. The predicted molar refractivity (Wildman–Crippen MR) is 155 cm³/mol. The summed E-state index contributed by atoms with van der Waals surface area (Å²) in [7, 11) is 0. The van der Waals surface area contributed by atoms with Crippen molar-refractivity contribution in [1.82, 2.24) is 20.4 Å². The average Bonchev–Trinajstić information content (AvgIpc) is 2.94. The third kappa shape index (κ3) is 9.90. The second-order valence-corrected chi connectivity index (χ2v) is 10.0. The van der Waals surface area contributed by atoms with Crippen molar-refractivity contribution in [3.05, 3.63) is 47.0 Å². The number of piperazine rings is 2. The van der Waals surface area contributed by atoms with Crippen molar-refractivity contribution in [1.29, 1.82) is 0 Å². The van der Waals surface area contributed by atoms with Gasteiger partial charge in [0.25, 0.3) is 11.8 Å². The van der Waals surface area contributed by atoms with E-state index in [2.05, 4.69) is 33.5 Å². The Balaban J connectivity index is 0.000000243. The van der Waals surface area contributed by atoms with Crippen molar-refractivity contribution >= 4 is 27.7 Å². The van der Waals surface area contributed by atoms with E-state index in [1.807, 2.05) is 6.92 Å². The largest absolute Gasteiger partial charge is 0.508 e. The lowest BCUT2D eigenvalue weighted by Gasteiger charge is -2.28. The molecule has 0 unspecified atom stereocenters. The van der Waals surface area contributed by atoms with Gasteiger partial charge in [-0.2, -0.15) is 0 Å². The third-order valence-electron chi connectivity index (χ3n) is 6.13. The molecular weight excluding hydrogens is 568 g/mol. The number of hydrogen-bond donors (Lipinski definition) is 6. The van der Waals surface area contributed by atoms with Crippen LogP contribution in [0.2, 0.25) is 0 Å². The summed E-state index contributed by atoms with van der Waals surface area (Å²) in [4.78, 5) is 27.9. The fraction of sp³-hybridized carbons (Fsp3) is 0.500. The highest BCUT2D eigenvalue weighted by Crippen LogP contribution is 2.29. The molecule has 0 aromatic heterocycles. The van der Waals surface area contributed by atoms with E-state index < -0.39 is 0 Å². The van der Waals surface area contributed by atoms with Gasteiger partial charge < -0.3 is 40.9 Å². The first-order valence-electron chi connectivity index (χ1n) is 13.4. The van der Waals surface area contributed by atoms with Crippen molar-refractivity contribution in [2.75, 3.05) is 57.7 Å². The van der Waals surface area contributed by atoms with Crippen LogP contribution in [0, 0.1) is 0 Å². The number of halogens is 1. The fourth-order valence-corrected chi connectivity index (χ4v) is 4.15. The summed E-state index contributed by atoms with van der Waals surface area (Å²) in [6, 6.07) is 6.81.